The predicted octanol–water partition coefficient (Wildman–Crippen LogP) is 2.14. The quantitative estimate of drug-likeness (QED) is 0.907. The summed E-state index contributed by atoms with van der Waals surface area (Å²) < 4.78 is 4.97. The van der Waals surface area contributed by atoms with E-state index < -0.39 is 5.97 Å². The molecule has 19 heavy (non-hydrogen) atoms. The molecule has 0 radical (unpaired) electrons. The van der Waals surface area contributed by atoms with E-state index in [-0.39, 0.29) is 30.3 Å². The molecule has 0 aromatic carbocycles. The molecule has 2 aliphatic heterocycles. The summed E-state index contributed by atoms with van der Waals surface area (Å²) >= 11 is 0. The van der Waals surface area contributed by atoms with Crippen LogP contribution in [0.3, 0.4) is 0 Å². The highest BCUT2D eigenvalue weighted by atomic mass is 16.4. The third-order valence-electron chi connectivity index (χ3n) is 4.30. The van der Waals surface area contributed by atoms with Crippen LogP contribution in [-0.4, -0.2) is 34.0 Å². The zero-order chi connectivity index (χ0) is 13.4. The number of piperidine rings is 1. The molecule has 5 nitrogen and oxygen atoms in total. The maximum Gasteiger partial charge on any atom is 0.303 e. The summed E-state index contributed by atoms with van der Waals surface area (Å²) in [5.41, 5.74) is 0.591. The fraction of sp³-hybridized carbons (Fsp3) is 0.571. The Morgan fingerprint density at radius 2 is 2.00 bits per heavy atom. The van der Waals surface area contributed by atoms with Crippen LogP contribution in [-0.2, 0) is 4.79 Å². The van der Waals surface area contributed by atoms with Crippen LogP contribution >= 0.6 is 0 Å². The van der Waals surface area contributed by atoms with E-state index in [1.807, 2.05) is 4.90 Å². The van der Waals surface area contributed by atoms with Gasteiger partial charge in [0.05, 0.1) is 11.8 Å². The van der Waals surface area contributed by atoms with Gasteiger partial charge in [-0.3, -0.25) is 9.59 Å². The lowest BCUT2D eigenvalue weighted by molar-refractivity contribution is -0.138. The van der Waals surface area contributed by atoms with Crippen molar-refractivity contribution in [3.8, 4) is 0 Å². The molecule has 2 bridgehead atoms. The Labute approximate surface area is 111 Å². The molecule has 5 heteroatoms. The van der Waals surface area contributed by atoms with Gasteiger partial charge in [0.25, 0.3) is 5.91 Å². The van der Waals surface area contributed by atoms with Crippen molar-refractivity contribution in [2.45, 2.75) is 44.2 Å². The molecule has 2 unspecified atom stereocenters. The molecule has 3 rings (SSSR count). The van der Waals surface area contributed by atoms with Crippen molar-refractivity contribution in [2.75, 3.05) is 0 Å². The third kappa shape index (κ3) is 2.25. The van der Waals surface area contributed by atoms with E-state index >= 15 is 0 Å². The van der Waals surface area contributed by atoms with Crippen LogP contribution in [0.4, 0.5) is 0 Å². The molecule has 1 N–H and O–H groups in total. The first-order chi connectivity index (χ1) is 9.15. The summed E-state index contributed by atoms with van der Waals surface area (Å²) in [4.78, 5) is 25.2. The molecule has 2 saturated heterocycles. The Bertz CT molecular complexity index is 468. The summed E-state index contributed by atoms with van der Waals surface area (Å²) in [5, 5.41) is 8.89. The summed E-state index contributed by atoms with van der Waals surface area (Å²) in [6, 6.07) is 2.08. The standard InChI is InChI=1S/C14H17NO4/c16-13(17)7-9-5-11-1-2-12(6-9)15(11)14(18)10-3-4-19-8-10/h3-4,8-9,11-12H,1-2,5-7H2,(H,16,17). The van der Waals surface area contributed by atoms with Gasteiger partial charge in [-0.05, 0) is 37.7 Å². The van der Waals surface area contributed by atoms with Gasteiger partial charge in [-0.15, -0.1) is 0 Å². The number of carbonyl (C=O) groups is 2. The van der Waals surface area contributed by atoms with Crippen molar-refractivity contribution in [3.05, 3.63) is 24.2 Å². The lowest BCUT2D eigenvalue weighted by Gasteiger charge is -2.38. The van der Waals surface area contributed by atoms with Crippen molar-refractivity contribution in [1.29, 1.82) is 0 Å². The van der Waals surface area contributed by atoms with Gasteiger partial charge in [-0.25, -0.2) is 0 Å². The number of carbonyl (C=O) groups excluding carboxylic acids is 1. The van der Waals surface area contributed by atoms with Gasteiger partial charge in [0, 0.05) is 18.5 Å². The van der Waals surface area contributed by atoms with Crippen LogP contribution in [0.5, 0.6) is 0 Å². The van der Waals surface area contributed by atoms with Crippen molar-refractivity contribution < 1.29 is 19.1 Å². The number of furan rings is 1. The van der Waals surface area contributed by atoms with Gasteiger partial charge in [0.1, 0.15) is 6.26 Å². The molecule has 0 aliphatic carbocycles. The Morgan fingerprint density at radius 1 is 1.32 bits per heavy atom. The van der Waals surface area contributed by atoms with E-state index in [0.29, 0.717) is 5.56 Å². The zero-order valence-electron chi connectivity index (χ0n) is 10.6. The van der Waals surface area contributed by atoms with Crippen LogP contribution in [0.1, 0.15) is 42.5 Å². The van der Waals surface area contributed by atoms with Crippen molar-refractivity contribution >= 4 is 11.9 Å². The van der Waals surface area contributed by atoms with E-state index in [0.717, 1.165) is 25.7 Å². The summed E-state index contributed by atoms with van der Waals surface area (Å²) in [5.74, 6) is -0.502. The summed E-state index contributed by atoms with van der Waals surface area (Å²) in [6.45, 7) is 0. The molecule has 2 fully saturated rings. The topological polar surface area (TPSA) is 70.8 Å². The number of carboxylic acids is 1. The number of fused-ring (bicyclic) bond motifs is 2. The first kappa shape index (κ1) is 12.3. The number of amides is 1. The average molecular weight is 263 g/mol. The van der Waals surface area contributed by atoms with Crippen LogP contribution in [0.15, 0.2) is 23.0 Å². The molecular weight excluding hydrogens is 246 g/mol. The smallest absolute Gasteiger partial charge is 0.303 e. The minimum Gasteiger partial charge on any atom is -0.481 e. The molecule has 1 aromatic rings. The second-order valence-corrected chi connectivity index (χ2v) is 5.54. The minimum atomic E-state index is -0.737. The molecule has 0 saturated carbocycles. The highest BCUT2D eigenvalue weighted by molar-refractivity contribution is 5.94. The monoisotopic (exact) mass is 263 g/mol. The highest BCUT2D eigenvalue weighted by Crippen LogP contribution is 2.40. The van der Waals surface area contributed by atoms with E-state index in [1.54, 1.807) is 6.07 Å². The average Bonchev–Trinajstić information content (AvgIpc) is 2.95. The Hall–Kier alpha value is -1.78. The third-order valence-corrected chi connectivity index (χ3v) is 4.30. The summed E-state index contributed by atoms with van der Waals surface area (Å²) in [7, 11) is 0. The SMILES string of the molecule is O=C(O)CC1CC2CCC(C1)N2C(=O)c1ccoc1. The Balaban J connectivity index is 1.73. The highest BCUT2D eigenvalue weighted by Gasteiger charge is 2.43. The first-order valence-electron chi connectivity index (χ1n) is 6.72. The molecule has 1 aromatic heterocycles. The molecular formula is C14H17NO4. The fourth-order valence-electron chi connectivity index (χ4n) is 3.57. The van der Waals surface area contributed by atoms with Gasteiger partial charge >= 0.3 is 5.97 Å². The summed E-state index contributed by atoms with van der Waals surface area (Å²) in [6.07, 6.45) is 6.81. The van der Waals surface area contributed by atoms with Crippen LogP contribution in [0, 0.1) is 5.92 Å². The Kier molecular flexibility index (Phi) is 3.05. The number of carboxylic acid groups (broad SMARTS) is 1. The van der Waals surface area contributed by atoms with Gasteiger partial charge < -0.3 is 14.4 Å². The molecule has 3 heterocycles. The van der Waals surface area contributed by atoms with Crippen LogP contribution < -0.4 is 0 Å². The zero-order valence-corrected chi connectivity index (χ0v) is 10.6. The molecule has 1 amide bonds. The van der Waals surface area contributed by atoms with Crippen molar-refractivity contribution in [3.63, 3.8) is 0 Å². The largest absolute Gasteiger partial charge is 0.481 e. The first-order valence-corrected chi connectivity index (χ1v) is 6.72. The normalized spacial score (nSPS) is 29.5. The van der Waals surface area contributed by atoms with Gasteiger partial charge in [0.15, 0.2) is 0 Å². The van der Waals surface area contributed by atoms with Gasteiger partial charge in [-0.1, -0.05) is 0 Å². The van der Waals surface area contributed by atoms with Gasteiger partial charge in [-0.2, -0.15) is 0 Å². The van der Waals surface area contributed by atoms with E-state index in [9.17, 15) is 9.59 Å². The number of hydrogen-bond acceptors (Lipinski definition) is 3. The van der Waals surface area contributed by atoms with E-state index in [1.165, 1.54) is 12.5 Å². The lowest BCUT2D eigenvalue weighted by atomic mass is 9.88. The second-order valence-electron chi connectivity index (χ2n) is 5.54. The molecule has 102 valence electrons. The number of aliphatic carboxylic acids is 1. The molecule has 0 spiro atoms. The Morgan fingerprint density at radius 3 is 2.53 bits per heavy atom. The van der Waals surface area contributed by atoms with Gasteiger partial charge in [0.2, 0.25) is 0 Å². The van der Waals surface area contributed by atoms with Crippen LogP contribution in [0.25, 0.3) is 0 Å². The van der Waals surface area contributed by atoms with Crippen LogP contribution in [0.2, 0.25) is 0 Å². The number of hydrogen-bond donors (Lipinski definition) is 1. The minimum absolute atomic E-state index is 0.0232. The maximum atomic E-state index is 12.4. The molecule has 2 atom stereocenters. The number of nitrogens with zero attached hydrogens (tertiary/aromatic N) is 1. The maximum absolute atomic E-state index is 12.4. The predicted molar refractivity (Wildman–Crippen MR) is 66.7 cm³/mol. The number of rotatable bonds is 3. The lowest BCUT2D eigenvalue weighted by Crippen LogP contribution is -2.46. The molecule has 2 aliphatic rings. The van der Waals surface area contributed by atoms with E-state index in [4.69, 9.17) is 9.52 Å². The van der Waals surface area contributed by atoms with E-state index in [2.05, 4.69) is 0 Å². The fourth-order valence-corrected chi connectivity index (χ4v) is 3.57. The second kappa shape index (κ2) is 4.72. The van der Waals surface area contributed by atoms with Crippen molar-refractivity contribution in [2.24, 2.45) is 5.92 Å². The van der Waals surface area contributed by atoms with Crippen molar-refractivity contribution in [1.82, 2.24) is 4.90 Å².